The number of carbonyl (C=O) groups excluding carboxylic acids is 3. The fourth-order valence-electron chi connectivity index (χ4n) is 1.96. The Balaban J connectivity index is 1.84. The van der Waals surface area contributed by atoms with Gasteiger partial charge in [-0.15, -0.1) is 0 Å². The molecule has 2 rings (SSSR count). The lowest BCUT2D eigenvalue weighted by Gasteiger charge is -2.06. The molecule has 2 aromatic carbocycles. The van der Waals surface area contributed by atoms with Crippen LogP contribution >= 0.6 is 23.2 Å². The second-order valence-corrected chi connectivity index (χ2v) is 6.07. The Bertz CT molecular complexity index is 883. The predicted molar refractivity (Wildman–Crippen MR) is 102 cm³/mol. The van der Waals surface area contributed by atoms with Gasteiger partial charge in [-0.05, 0) is 35.4 Å². The number of ether oxygens (including phenoxy) is 1. The van der Waals surface area contributed by atoms with Gasteiger partial charge in [-0.25, -0.2) is 10.2 Å². The van der Waals surface area contributed by atoms with Crippen molar-refractivity contribution in [2.45, 2.75) is 6.54 Å². The molecule has 0 aliphatic heterocycles. The number of esters is 1. The number of nitrogens with zero attached hydrogens (tertiary/aromatic N) is 1. The first-order valence-electron chi connectivity index (χ1n) is 7.64. The van der Waals surface area contributed by atoms with E-state index in [0.29, 0.717) is 26.7 Å². The van der Waals surface area contributed by atoms with Crippen molar-refractivity contribution in [1.29, 1.82) is 0 Å². The topological polar surface area (TPSA) is 96.9 Å². The summed E-state index contributed by atoms with van der Waals surface area (Å²) in [6.45, 7) is 0.0704. The molecule has 0 unspecified atom stereocenters. The molecular weight excluding hydrogens is 393 g/mol. The van der Waals surface area contributed by atoms with Gasteiger partial charge in [-0.2, -0.15) is 5.10 Å². The van der Waals surface area contributed by atoms with Gasteiger partial charge >= 0.3 is 17.8 Å². The van der Waals surface area contributed by atoms with Crippen molar-refractivity contribution < 1.29 is 19.1 Å². The molecule has 2 aromatic rings. The van der Waals surface area contributed by atoms with Gasteiger partial charge in [0.15, 0.2) is 0 Å². The fourth-order valence-corrected chi connectivity index (χ4v) is 2.44. The Hall–Kier alpha value is -2.90. The summed E-state index contributed by atoms with van der Waals surface area (Å²) in [6, 6.07) is 11.2. The molecule has 0 saturated heterocycles. The molecule has 0 fully saturated rings. The SMILES string of the molecule is COC(=O)c1ccc(C=NNC(=O)C(=O)NCc2ccc(Cl)cc2Cl)cc1. The number of carbonyl (C=O) groups is 3. The average Bonchev–Trinajstić information content (AvgIpc) is 2.66. The van der Waals surface area contributed by atoms with Crippen molar-refractivity contribution in [1.82, 2.24) is 10.7 Å². The van der Waals surface area contributed by atoms with Crippen LogP contribution in [0, 0.1) is 0 Å². The van der Waals surface area contributed by atoms with Crippen LogP contribution in [-0.2, 0) is 20.9 Å². The number of rotatable bonds is 5. The molecule has 140 valence electrons. The second-order valence-electron chi connectivity index (χ2n) is 5.23. The molecule has 0 aliphatic carbocycles. The highest BCUT2D eigenvalue weighted by Crippen LogP contribution is 2.20. The van der Waals surface area contributed by atoms with Gasteiger partial charge in [-0.3, -0.25) is 9.59 Å². The third kappa shape index (κ3) is 6.09. The summed E-state index contributed by atoms with van der Waals surface area (Å²) in [4.78, 5) is 34.8. The van der Waals surface area contributed by atoms with E-state index < -0.39 is 17.8 Å². The van der Waals surface area contributed by atoms with Gasteiger partial charge in [0.1, 0.15) is 0 Å². The number of benzene rings is 2. The number of hydrazone groups is 1. The van der Waals surface area contributed by atoms with Crippen molar-refractivity contribution in [3.05, 3.63) is 69.2 Å². The van der Waals surface area contributed by atoms with Crippen molar-refractivity contribution in [2.24, 2.45) is 5.10 Å². The monoisotopic (exact) mass is 407 g/mol. The van der Waals surface area contributed by atoms with E-state index in [1.165, 1.54) is 13.3 Å². The zero-order valence-corrected chi connectivity index (χ0v) is 15.7. The molecule has 9 heteroatoms. The Morgan fingerprint density at radius 1 is 1.07 bits per heavy atom. The van der Waals surface area contributed by atoms with Crippen molar-refractivity contribution in [3.63, 3.8) is 0 Å². The van der Waals surface area contributed by atoms with E-state index in [9.17, 15) is 14.4 Å². The van der Waals surface area contributed by atoms with Gasteiger partial charge in [-0.1, -0.05) is 41.4 Å². The maximum absolute atomic E-state index is 11.8. The standard InChI is InChI=1S/C18H15Cl2N3O4/c1-27-18(26)12-4-2-11(3-5-12)9-22-23-17(25)16(24)21-10-13-6-7-14(19)8-15(13)20/h2-9H,10H2,1H3,(H,21,24)(H,23,25). The van der Waals surface area contributed by atoms with Gasteiger partial charge < -0.3 is 10.1 Å². The summed E-state index contributed by atoms with van der Waals surface area (Å²) >= 11 is 11.8. The van der Waals surface area contributed by atoms with Crippen LogP contribution in [0.2, 0.25) is 10.0 Å². The molecule has 0 atom stereocenters. The molecule has 27 heavy (non-hydrogen) atoms. The molecule has 2 amide bonds. The molecule has 2 N–H and O–H groups in total. The zero-order valence-electron chi connectivity index (χ0n) is 14.2. The number of halogens is 2. The normalized spacial score (nSPS) is 10.5. The lowest BCUT2D eigenvalue weighted by Crippen LogP contribution is -2.37. The fraction of sp³-hybridized carbons (Fsp3) is 0.111. The van der Waals surface area contributed by atoms with E-state index in [0.717, 1.165) is 0 Å². The summed E-state index contributed by atoms with van der Waals surface area (Å²) in [5.41, 5.74) is 3.74. The molecule has 0 aliphatic rings. The number of methoxy groups -OCH3 is 1. The van der Waals surface area contributed by atoms with Gasteiger partial charge in [0.25, 0.3) is 0 Å². The summed E-state index contributed by atoms with van der Waals surface area (Å²) in [5, 5.41) is 6.99. The Kier molecular flexibility index (Phi) is 7.34. The van der Waals surface area contributed by atoms with Crippen molar-refractivity contribution in [3.8, 4) is 0 Å². The van der Waals surface area contributed by atoms with Crippen LogP contribution in [0.3, 0.4) is 0 Å². The smallest absolute Gasteiger partial charge is 0.337 e. The second kappa shape index (κ2) is 9.70. The van der Waals surface area contributed by atoms with E-state index >= 15 is 0 Å². The Morgan fingerprint density at radius 2 is 1.78 bits per heavy atom. The highest BCUT2D eigenvalue weighted by atomic mass is 35.5. The molecule has 0 radical (unpaired) electrons. The molecule has 0 spiro atoms. The maximum Gasteiger partial charge on any atom is 0.337 e. The summed E-state index contributed by atoms with van der Waals surface area (Å²) < 4.78 is 4.59. The number of amides is 2. The number of nitrogens with one attached hydrogen (secondary N) is 2. The summed E-state index contributed by atoms with van der Waals surface area (Å²) in [6.07, 6.45) is 1.34. The molecule has 0 bridgehead atoms. The molecule has 0 aromatic heterocycles. The molecular formula is C18H15Cl2N3O4. The summed E-state index contributed by atoms with van der Waals surface area (Å²) in [5.74, 6) is -2.24. The largest absolute Gasteiger partial charge is 0.465 e. The molecule has 7 nitrogen and oxygen atoms in total. The zero-order chi connectivity index (χ0) is 19.8. The highest BCUT2D eigenvalue weighted by Gasteiger charge is 2.13. The predicted octanol–water partition coefficient (Wildman–Crippen LogP) is 2.55. The minimum absolute atomic E-state index is 0.0704. The summed E-state index contributed by atoms with van der Waals surface area (Å²) in [7, 11) is 1.29. The van der Waals surface area contributed by atoms with E-state index in [1.54, 1.807) is 42.5 Å². The first-order valence-corrected chi connectivity index (χ1v) is 8.40. The lowest BCUT2D eigenvalue weighted by molar-refractivity contribution is -0.139. The average molecular weight is 408 g/mol. The maximum atomic E-state index is 11.8. The first kappa shape index (κ1) is 20.4. The van der Waals surface area contributed by atoms with Crippen molar-refractivity contribution >= 4 is 47.2 Å². The third-order valence-corrected chi connectivity index (χ3v) is 3.96. The molecule has 0 heterocycles. The van der Waals surface area contributed by atoms with Crippen LogP contribution in [0.1, 0.15) is 21.5 Å². The number of hydrogen-bond acceptors (Lipinski definition) is 5. The lowest BCUT2D eigenvalue weighted by atomic mass is 10.1. The minimum Gasteiger partial charge on any atom is -0.465 e. The van der Waals surface area contributed by atoms with Crippen molar-refractivity contribution in [2.75, 3.05) is 7.11 Å². The van der Waals surface area contributed by atoms with Crippen LogP contribution in [0.5, 0.6) is 0 Å². The molecule has 0 saturated carbocycles. The van der Waals surface area contributed by atoms with Gasteiger partial charge in [0.2, 0.25) is 0 Å². The van der Waals surface area contributed by atoms with Gasteiger partial charge in [0.05, 0.1) is 18.9 Å². The van der Waals surface area contributed by atoms with E-state index in [-0.39, 0.29) is 6.54 Å². The van der Waals surface area contributed by atoms with Crippen LogP contribution in [0.15, 0.2) is 47.6 Å². The van der Waals surface area contributed by atoms with Gasteiger partial charge in [0, 0.05) is 16.6 Å². The van der Waals surface area contributed by atoms with E-state index in [4.69, 9.17) is 23.2 Å². The van der Waals surface area contributed by atoms with E-state index in [2.05, 4.69) is 20.6 Å². The van der Waals surface area contributed by atoms with Crippen LogP contribution in [0.4, 0.5) is 0 Å². The first-order chi connectivity index (χ1) is 12.9. The highest BCUT2D eigenvalue weighted by molar-refractivity contribution is 6.36. The third-order valence-electron chi connectivity index (χ3n) is 3.37. The van der Waals surface area contributed by atoms with Crippen LogP contribution in [-0.4, -0.2) is 31.1 Å². The van der Waals surface area contributed by atoms with Crippen LogP contribution in [0.25, 0.3) is 0 Å². The van der Waals surface area contributed by atoms with Crippen LogP contribution < -0.4 is 10.7 Å². The quantitative estimate of drug-likeness (QED) is 0.344. The minimum atomic E-state index is -0.928. The van der Waals surface area contributed by atoms with E-state index in [1.807, 2.05) is 0 Å². The number of hydrogen-bond donors (Lipinski definition) is 2. The Labute approximate surface area is 165 Å². The Morgan fingerprint density at radius 3 is 2.41 bits per heavy atom.